The van der Waals surface area contributed by atoms with E-state index in [1.54, 1.807) is 0 Å². The van der Waals surface area contributed by atoms with Gasteiger partial charge in [-0.1, -0.05) is 29.8 Å². The van der Waals surface area contributed by atoms with E-state index in [1.807, 2.05) is 0 Å². The topological polar surface area (TPSA) is 29.9 Å². The molecular weight excluding hydrogens is 278 g/mol. The van der Waals surface area contributed by atoms with Crippen LogP contribution in [0.1, 0.15) is 51.8 Å². The fourth-order valence-corrected chi connectivity index (χ4v) is 2.29. The molecule has 0 aliphatic carbocycles. The van der Waals surface area contributed by atoms with E-state index in [2.05, 4.69) is 64.1 Å². The van der Waals surface area contributed by atoms with Crippen molar-refractivity contribution in [1.29, 1.82) is 0 Å². The molecule has 0 amide bonds. The Kier molecular flexibility index (Phi) is 6.82. The first-order chi connectivity index (χ1) is 8.21. The molecule has 0 radical (unpaired) electrons. The molecule has 4 heteroatoms. The quantitative estimate of drug-likeness (QED) is 0.745. The van der Waals surface area contributed by atoms with Crippen molar-refractivity contribution < 1.29 is 0 Å². The van der Waals surface area contributed by atoms with Crippen LogP contribution in [-0.2, 0) is 6.54 Å². The van der Waals surface area contributed by atoms with Crippen molar-refractivity contribution in [2.24, 2.45) is 0 Å². The van der Waals surface area contributed by atoms with Crippen LogP contribution >= 0.6 is 15.9 Å². The summed E-state index contributed by atoms with van der Waals surface area (Å²) in [6.45, 7) is 7.48. The highest BCUT2D eigenvalue weighted by Gasteiger charge is 2.07. The first-order valence-electron chi connectivity index (χ1n) is 6.54. The zero-order valence-corrected chi connectivity index (χ0v) is 12.7. The molecule has 1 aromatic rings. The summed E-state index contributed by atoms with van der Waals surface area (Å²) in [4.78, 5) is 0. The average Bonchev–Trinajstić information content (AvgIpc) is 2.82. The minimum atomic E-state index is 0.494. The van der Waals surface area contributed by atoms with Crippen LogP contribution in [0.4, 0.5) is 0 Å². The standard InChI is InChI=1S/C13H24BrN3/c1-4-11(3)17-9-7-13(16-17)10-15-12(5-2)6-8-14/h7,9,11-12,15H,4-6,8,10H2,1-3H3. The van der Waals surface area contributed by atoms with Gasteiger partial charge in [-0.2, -0.15) is 5.10 Å². The Hall–Kier alpha value is -0.350. The van der Waals surface area contributed by atoms with E-state index in [-0.39, 0.29) is 0 Å². The van der Waals surface area contributed by atoms with Crippen molar-refractivity contribution in [2.75, 3.05) is 5.33 Å². The van der Waals surface area contributed by atoms with Crippen LogP contribution in [-0.4, -0.2) is 21.2 Å². The van der Waals surface area contributed by atoms with E-state index in [0.717, 1.165) is 30.4 Å². The highest BCUT2D eigenvalue weighted by atomic mass is 79.9. The van der Waals surface area contributed by atoms with Crippen molar-refractivity contribution in [3.63, 3.8) is 0 Å². The van der Waals surface area contributed by atoms with E-state index in [0.29, 0.717) is 12.1 Å². The maximum absolute atomic E-state index is 4.59. The predicted molar refractivity (Wildman–Crippen MR) is 76.6 cm³/mol. The second-order valence-electron chi connectivity index (χ2n) is 4.51. The van der Waals surface area contributed by atoms with Crippen molar-refractivity contribution >= 4 is 15.9 Å². The maximum Gasteiger partial charge on any atom is 0.0762 e. The second-order valence-corrected chi connectivity index (χ2v) is 5.30. The van der Waals surface area contributed by atoms with Gasteiger partial charge in [0.15, 0.2) is 0 Å². The molecule has 0 aromatic carbocycles. The maximum atomic E-state index is 4.59. The SMILES string of the molecule is CCC(CCBr)NCc1ccn(C(C)CC)n1. The summed E-state index contributed by atoms with van der Waals surface area (Å²) in [5.41, 5.74) is 1.14. The number of hydrogen-bond donors (Lipinski definition) is 1. The van der Waals surface area contributed by atoms with Crippen LogP contribution in [0.3, 0.4) is 0 Å². The van der Waals surface area contributed by atoms with E-state index in [4.69, 9.17) is 0 Å². The molecule has 1 N–H and O–H groups in total. The van der Waals surface area contributed by atoms with Gasteiger partial charge in [-0.05, 0) is 32.3 Å². The number of nitrogens with zero attached hydrogens (tertiary/aromatic N) is 2. The van der Waals surface area contributed by atoms with Gasteiger partial charge in [0, 0.05) is 30.2 Å². The molecule has 98 valence electrons. The van der Waals surface area contributed by atoms with Gasteiger partial charge in [0.2, 0.25) is 0 Å². The lowest BCUT2D eigenvalue weighted by Gasteiger charge is -2.14. The summed E-state index contributed by atoms with van der Waals surface area (Å²) in [7, 11) is 0. The van der Waals surface area contributed by atoms with Gasteiger partial charge in [0.1, 0.15) is 0 Å². The van der Waals surface area contributed by atoms with Crippen molar-refractivity contribution in [2.45, 2.75) is 58.7 Å². The van der Waals surface area contributed by atoms with Crippen LogP contribution in [0.25, 0.3) is 0 Å². The molecule has 3 nitrogen and oxygen atoms in total. The first-order valence-corrected chi connectivity index (χ1v) is 7.66. The molecule has 1 heterocycles. The summed E-state index contributed by atoms with van der Waals surface area (Å²) >= 11 is 3.49. The highest BCUT2D eigenvalue weighted by molar-refractivity contribution is 9.09. The van der Waals surface area contributed by atoms with Gasteiger partial charge < -0.3 is 5.32 Å². The summed E-state index contributed by atoms with van der Waals surface area (Å²) in [6, 6.07) is 3.19. The first kappa shape index (κ1) is 14.7. The second kappa shape index (κ2) is 7.88. The van der Waals surface area contributed by atoms with Crippen LogP contribution < -0.4 is 5.32 Å². The Balaban J connectivity index is 2.43. The van der Waals surface area contributed by atoms with E-state index in [1.165, 1.54) is 6.42 Å². The molecule has 17 heavy (non-hydrogen) atoms. The Bertz CT molecular complexity index is 311. The lowest BCUT2D eigenvalue weighted by Crippen LogP contribution is -2.28. The van der Waals surface area contributed by atoms with Crippen LogP contribution in [0, 0.1) is 0 Å². The van der Waals surface area contributed by atoms with Gasteiger partial charge in [0.25, 0.3) is 0 Å². The van der Waals surface area contributed by atoms with E-state index < -0.39 is 0 Å². The number of alkyl halides is 1. The summed E-state index contributed by atoms with van der Waals surface area (Å²) in [5.74, 6) is 0. The Morgan fingerprint density at radius 1 is 1.41 bits per heavy atom. The predicted octanol–water partition coefficient (Wildman–Crippen LogP) is 3.51. The molecule has 1 rings (SSSR count). The van der Waals surface area contributed by atoms with Gasteiger partial charge in [0.05, 0.1) is 5.69 Å². The van der Waals surface area contributed by atoms with Crippen molar-refractivity contribution in [3.8, 4) is 0 Å². The molecule has 2 unspecified atom stereocenters. The molecule has 0 saturated carbocycles. The normalized spacial score (nSPS) is 14.8. The van der Waals surface area contributed by atoms with Crippen molar-refractivity contribution in [1.82, 2.24) is 15.1 Å². The molecule has 0 fully saturated rings. The zero-order chi connectivity index (χ0) is 12.7. The summed E-state index contributed by atoms with van der Waals surface area (Å²) in [6.07, 6.45) is 5.53. The molecule has 0 aliphatic heterocycles. The lowest BCUT2D eigenvalue weighted by atomic mass is 10.2. The Morgan fingerprint density at radius 2 is 2.18 bits per heavy atom. The highest BCUT2D eigenvalue weighted by Crippen LogP contribution is 2.09. The Morgan fingerprint density at radius 3 is 2.76 bits per heavy atom. The largest absolute Gasteiger partial charge is 0.308 e. The summed E-state index contributed by atoms with van der Waals surface area (Å²) < 4.78 is 2.06. The van der Waals surface area contributed by atoms with Gasteiger partial charge in [-0.15, -0.1) is 0 Å². The third-order valence-electron chi connectivity index (χ3n) is 3.23. The van der Waals surface area contributed by atoms with Gasteiger partial charge in [-0.3, -0.25) is 4.68 Å². The third-order valence-corrected chi connectivity index (χ3v) is 3.69. The smallest absolute Gasteiger partial charge is 0.0762 e. The molecule has 0 bridgehead atoms. The van der Waals surface area contributed by atoms with Gasteiger partial charge >= 0.3 is 0 Å². The molecule has 0 aliphatic rings. The third kappa shape index (κ3) is 4.80. The van der Waals surface area contributed by atoms with E-state index in [9.17, 15) is 0 Å². The summed E-state index contributed by atoms with van der Waals surface area (Å²) in [5, 5.41) is 9.20. The lowest BCUT2D eigenvalue weighted by molar-refractivity contribution is 0.457. The van der Waals surface area contributed by atoms with Gasteiger partial charge in [-0.25, -0.2) is 0 Å². The fourth-order valence-electron chi connectivity index (χ4n) is 1.74. The minimum absolute atomic E-state index is 0.494. The number of hydrogen-bond acceptors (Lipinski definition) is 2. The van der Waals surface area contributed by atoms with Crippen LogP contribution in [0.15, 0.2) is 12.3 Å². The number of halogens is 1. The van der Waals surface area contributed by atoms with Crippen LogP contribution in [0.2, 0.25) is 0 Å². The molecule has 0 spiro atoms. The van der Waals surface area contributed by atoms with E-state index >= 15 is 0 Å². The number of aromatic nitrogens is 2. The monoisotopic (exact) mass is 301 g/mol. The zero-order valence-electron chi connectivity index (χ0n) is 11.1. The molecule has 1 aromatic heterocycles. The Labute approximate surface area is 113 Å². The van der Waals surface area contributed by atoms with Crippen molar-refractivity contribution in [3.05, 3.63) is 18.0 Å². The minimum Gasteiger partial charge on any atom is -0.308 e. The van der Waals surface area contributed by atoms with Crippen LogP contribution in [0.5, 0.6) is 0 Å². The number of rotatable bonds is 8. The molecule has 2 atom stereocenters. The molecular formula is C13H24BrN3. The fraction of sp³-hybridized carbons (Fsp3) is 0.769. The average molecular weight is 302 g/mol. The molecule has 0 saturated heterocycles. The number of nitrogens with one attached hydrogen (secondary N) is 1.